The van der Waals surface area contributed by atoms with Crippen LogP contribution in [0.1, 0.15) is 16.7 Å². The first-order chi connectivity index (χ1) is 13.6. The molecule has 0 unspecified atom stereocenters. The Hall–Kier alpha value is -3.18. The molecule has 4 nitrogen and oxygen atoms in total. The van der Waals surface area contributed by atoms with Gasteiger partial charge >= 0.3 is 0 Å². The van der Waals surface area contributed by atoms with Crippen molar-refractivity contribution in [3.8, 4) is 0 Å². The van der Waals surface area contributed by atoms with E-state index in [1.54, 1.807) is 0 Å². The van der Waals surface area contributed by atoms with Gasteiger partial charge in [-0.1, -0.05) is 54.6 Å². The van der Waals surface area contributed by atoms with E-state index in [4.69, 9.17) is 12.2 Å². The largest absolute Gasteiger partial charge is 0.332 e. The summed E-state index contributed by atoms with van der Waals surface area (Å²) < 4.78 is 1.92. The van der Waals surface area contributed by atoms with Crippen molar-refractivity contribution in [2.24, 2.45) is 0 Å². The van der Waals surface area contributed by atoms with Gasteiger partial charge in [0.2, 0.25) is 0 Å². The number of aromatic nitrogens is 2. The first-order valence-electron chi connectivity index (χ1n) is 9.24. The molecule has 2 N–H and O–H groups in total. The molecule has 5 heteroatoms. The fraction of sp³-hybridized carbons (Fsp3) is 0.130. The van der Waals surface area contributed by atoms with Gasteiger partial charge in [-0.25, -0.2) is 0 Å². The first kappa shape index (κ1) is 18.2. The highest BCUT2D eigenvalue weighted by Crippen LogP contribution is 2.20. The number of nitrogens with zero attached hydrogens (tertiary/aromatic N) is 2. The Balaban J connectivity index is 1.45. The maximum Gasteiger partial charge on any atom is 0.176 e. The Kier molecular flexibility index (Phi) is 5.08. The van der Waals surface area contributed by atoms with Crippen LogP contribution in [-0.4, -0.2) is 14.9 Å². The van der Waals surface area contributed by atoms with Gasteiger partial charge < -0.3 is 10.6 Å². The molecule has 0 fully saturated rings. The lowest BCUT2D eigenvalue weighted by Crippen LogP contribution is -2.20. The molecule has 0 saturated carbocycles. The van der Waals surface area contributed by atoms with Crippen LogP contribution in [0.2, 0.25) is 0 Å². The molecule has 0 atom stereocenters. The normalized spacial score (nSPS) is 10.8. The average Bonchev–Trinajstić information content (AvgIpc) is 3.12. The van der Waals surface area contributed by atoms with Gasteiger partial charge in [-0.3, -0.25) is 4.68 Å². The Morgan fingerprint density at radius 3 is 2.68 bits per heavy atom. The molecular formula is C23H22N4S. The molecule has 0 bridgehead atoms. The highest BCUT2D eigenvalue weighted by atomic mass is 32.1. The van der Waals surface area contributed by atoms with Gasteiger partial charge in [0.1, 0.15) is 0 Å². The van der Waals surface area contributed by atoms with Crippen molar-refractivity contribution >= 4 is 39.6 Å². The molecule has 0 saturated heterocycles. The summed E-state index contributed by atoms with van der Waals surface area (Å²) in [6, 6.07) is 23.0. The van der Waals surface area contributed by atoms with Crippen molar-refractivity contribution in [2.45, 2.75) is 20.4 Å². The first-order valence-corrected chi connectivity index (χ1v) is 9.65. The van der Waals surface area contributed by atoms with Crippen molar-refractivity contribution in [1.82, 2.24) is 9.78 Å². The second kappa shape index (κ2) is 7.82. The summed E-state index contributed by atoms with van der Waals surface area (Å²) in [6.45, 7) is 4.83. The molecule has 0 amide bonds. The van der Waals surface area contributed by atoms with Crippen molar-refractivity contribution in [2.75, 3.05) is 10.6 Å². The molecule has 0 spiro atoms. The van der Waals surface area contributed by atoms with Crippen molar-refractivity contribution in [1.29, 1.82) is 0 Å². The summed E-state index contributed by atoms with van der Waals surface area (Å²) in [5.74, 6) is 0.725. The second-order valence-electron chi connectivity index (χ2n) is 6.93. The summed E-state index contributed by atoms with van der Waals surface area (Å²) in [7, 11) is 0. The Morgan fingerprint density at radius 2 is 1.79 bits per heavy atom. The number of hydrogen-bond donors (Lipinski definition) is 2. The third-order valence-corrected chi connectivity index (χ3v) is 4.94. The van der Waals surface area contributed by atoms with Gasteiger partial charge in [-0.15, -0.1) is 0 Å². The number of rotatable bonds is 4. The summed E-state index contributed by atoms with van der Waals surface area (Å²) in [4.78, 5) is 0. The number of thiocarbonyl (C=S) groups is 1. The average molecular weight is 387 g/mol. The van der Waals surface area contributed by atoms with E-state index >= 15 is 0 Å². The zero-order valence-corrected chi connectivity index (χ0v) is 16.8. The van der Waals surface area contributed by atoms with Gasteiger partial charge in [0.15, 0.2) is 10.9 Å². The summed E-state index contributed by atoms with van der Waals surface area (Å²) in [5, 5.41) is 14.1. The summed E-state index contributed by atoms with van der Waals surface area (Å²) >= 11 is 5.45. The lowest BCUT2D eigenvalue weighted by atomic mass is 10.0. The van der Waals surface area contributed by atoms with E-state index in [-0.39, 0.29) is 0 Å². The number of fused-ring (bicyclic) bond motifs is 1. The number of aryl methyl sites for hydroxylation is 2. The monoisotopic (exact) mass is 386 g/mol. The van der Waals surface area contributed by atoms with E-state index in [9.17, 15) is 0 Å². The molecule has 4 aromatic rings. The van der Waals surface area contributed by atoms with Gasteiger partial charge in [-0.2, -0.15) is 5.10 Å². The molecule has 4 rings (SSSR count). The SMILES string of the molecule is Cc1ccc(C)c(NC(=S)Nc2ccn(Cc3cccc4ccccc34)n2)c1. The molecular weight excluding hydrogens is 364 g/mol. The minimum absolute atomic E-state index is 0.532. The third kappa shape index (κ3) is 4.05. The van der Waals surface area contributed by atoms with Gasteiger partial charge in [0.05, 0.1) is 6.54 Å². The van der Waals surface area contributed by atoms with Crippen molar-refractivity contribution in [3.63, 3.8) is 0 Å². The van der Waals surface area contributed by atoms with Crippen LogP contribution in [0.5, 0.6) is 0 Å². The lowest BCUT2D eigenvalue weighted by molar-refractivity contribution is 0.693. The molecule has 0 aliphatic carbocycles. The van der Waals surface area contributed by atoms with Gasteiger partial charge in [0.25, 0.3) is 0 Å². The number of nitrogens with one attached hydrogen (secondary N) is 2. The zero-order chi connectivity index (χ0) is 19.5. The number of hydrogen-bond acceptors (Lipinski definition) is 2. The highest BCUT2D eigenvalue weighted by molar-refractivity contribution is 7.80. The highest BCUT2D eigenvalue weighted by Gasteiger charge is 2.06. The Labute approximate surface area is 170 Å². The van der Waals surface area contributed by atoms with Crippen LogP contribution >= 0.6 is 12.2 Å². The quantitative estimate of drug-likeness (QED) is 0.454. The standard InChI is InChI=1S/C23H22N4S/c1-16-10-11-17(2)21(14-16)24-23(28)25-22-12-13-27(26-22)15-19-8-5-7-18-6-3-4-9-20(18)19/h3-14H,15H2,1-2H3,(H2,24,25,26,28). The molecule has 0 aliphatic rings. The molecule has 1 heterocycles. The van der Waals surface area contributed by atoms with Crippen LogP contribution in [0, 0.1) is 13.8 Å². The van der Waals surface area contributed by atoms with Gasteiger partial charge in [-0.05, 0) is 59.6 Å². The summed E-state index contributed by atoms with van der Waals surface area (Å²) in [6.07, 6.45) is 1.96. The topological polar surface area (TPSA) is 41.9 Å². The van der Waals surface area contributed by atoms with E-state index < -0.39 is 0 Å². The van der Waals surface area contributed by atoms with E-state index in [0.29, 0.717) is 11.7 Å². The van der Waals surface area contributed by atoms with Crippen molar-refractivity contribution < 1.29 is 0 Å². The van der Waals surface area contributed by atoms with Crippen LogP contribution < -0.4 is 10.6 Å². The minimum Gasteiger partial charge on any atom is -0.332 e. The van der Waals surface area contributed by atoms with Crippen LogP contribution in [0.15, 0.2) is 72.9 Å². The maximum absolute atomic E-state index is 5.45. The molecule has 0 radical (unpaired) electrons. The van der Waals surface area contributed by atoms with Crippen LogP contribution in [0.3, 0.4) is 0 Å². The van der Waals surface area contributed by atoms with Crippen LogP contribution in [0.4, 0.5) is 11.5 Å². The smallest absolute Gasteiger partial charge is 0.176 e. The van der Waals surface area contributed by atoms with Crippen LogP contribution in [0.25, 0.3) is 10.8 Å². The predicted molar refractivity (Wildman–Crippen MR) is 121 cm³/mol. The van der Waals surface area contributed by atoms with E-state index in [2.05, 4.69) is 90.2 Å². The van der Waals surface area contributed by atoms with E-state index in [0.717, 1.165) is 17.1 Å². The summed E-state index contributed by atoms with van der Waals surface area (Å²) in [5.41, 5.74) is 4.59. The van der Waals surface area contributed by atoms with Crippen LogP contribution in [-0.2, 0) is 6.54 Å². The zero-order valence-electron chi connectivity index (χ0n) is 15.9. The lowest BCUT2D eigenvalue weighted by Gasteiger charge is -2.12. The minimum atomic E-state index is 0.532. The molecule has 1 aromatic heterocycles. The molecule has 140 valence electrons. The number of anilines is 2. The third-order valence-electron chi connectivity index (χ3n) is 4.74. The number of benzene rings is 3. The van der Waals surface area contributed by atoms with E-state index in [1.165, 1.54) is 21.9 Å². The molecule has 3 aromatic carbocycles. The fourth-order valence-electron chi connectivity index (χ4n) is 3.26. The van der Waals surface area contributed by atoms with E-state index in [1.807, 2.05) is 16.9 Å². The Bertz CT molecular complexity index is 1140. The molecule has 0 aliphatic heterocycles. The maximum atomic E-state index is 5.45. The predicted octanol–water partition coefficient (Wildman–Crippen LogP) is 5.51. The molecule has 28 heavy (non-hydrogen) atoms. The second-order valence-corrected chi connectivity index (χ2v) is 7.34. The fourth-order valence-corrected chi connectivity index (χ4v) is 3.48. The van der Waals surface area contributed by atoms with Gasteiger partial charge in [0, 0.05) is 18.0 Å². The van der Waals surface area contributed by atoms with Crippen molar-refractivity contribution in [3.05, 3.63) is 89.6 Å². The Morgan fingerprint density at radius 1 is 0.964 bits per heavy atom.